The fourth-order valence-electron chi connectivity index (χ4n) is 5.24. The van der Waals surface area contributed by atoms with Crippen LogP contribution in [0.2, 0.25) is 0 Å². The van der Waals surface area contributed by atoms with Crippen LogP contribution in [-0.4, -0.2) is 91.0 Å². The van der Waals surface area contributed by atoms with Gasteiger partial charge in [0.15, 0.2) is 4.96 Å². The maximum atomic E-state index is 13.1. The molecular formula is C30H34N10O5S. The zero-order valence-electron chi connectivity index (χ0n) is 25.6. The lowest BCUT2D eigenvalue weighted by Gasteiger charge is -2.26. The van der Waals surface area contributed by atoms with Crippen molar-refractivity contribution in [2.24, 2.45) is 21.1 Å². The van der Waals surface area contributed by atoms with Crippen molar-refractivity contribution in [3.63, 3.8) is 0 Å². The molecular weight excluding hydrogens is 612 g/mol. The number of aromatic nitrogens is 5. The van der Waals surface area contributed by atoms with Crippen LogP contribution in [0, 0.1) is 0 Å². The zero-order valence-corrected chi connectivity index (χ0v) is 26.4. The molecule has 1 saturated heterocycles. The predicted molar refractivity (Wildman–Crippen MR) is 173 cm³/mol. The first-order valence-corrected chi connectivity index (χ1v) is 15.5. The molecule has 0 radical (unpaired) electrons. The summed E-state index contributed by atoms with van der Waals surface area (Å²) in [6, 6.07) is 4.74. The minimum Gasteiger partial charge on any atom is -0.379 e. The average Bonchev–Trinajstić information content (AvgIpc) is 3.83. The minimum atomic E-state index is -0.421. The van der Waals surface area contributed by atoms with Crippen LogP contribution in [0.25, 0.3) is 4.96 Å². The summed E-state index contributed by atoms with van der Waals surface area (Å²) in [5, 5.41) is 13.2. The van der Waals surface area contributed by atoms with Crippen molar-refractivity contribution in [1.29, 1.82) is 0 Å². The van der Waals surface area contributed by atoms with Crippen molar-refractivity contribution < 1.29 is 23.9 Å². The Morgan fingerprint density at radius 1 is 0.761 bits per heavy atom. The van der Waals surface area contributed by atoms with E-state index in [1.807, 2.05) is 11.6 Å². The van der Waals surface area contributed by atoms with E-state index in [2.05, 4.69) is 31.2 Å². The van der Waals surface area contributed by atoms with Gasteiger partial charge in [-0.25, -0.2) is 4.98 Å². The summed E-state index contributed by atoms with van der Waals surface area (Å²) in [7, 11) is 5.13. The van der Waals surface area contributed by atoms with E-state index in [0.29, 0.717) is 58.9 Å². The van der Waals surface area contributed by atoms with Gasteiger partial charge in [0.2, 0.25) is 0 Å². The summed E-state index contributed by atoms with van der Waals surface area (Å²) in [4.78, 5) is 59.0. The number of hydrogen-bond donors (Lipinski definition) is 4. The van der Waals surface area contributed by atoms with Crippen molar-refractivity contribution in [3.8, 4) is 0 Å². The van der Waals surface area contributed by atoms with Gasteiger partial charge in [-0.05, 0) is 18.2 Å². The molecule has 0 aliphatic carbocycles. The third-order valence-electron chi connectivity index (χ3n) is 7.63. The maximum Gasteiger partial charge on any atom is 0.275 e. The molecule has 0 atom stereocenters. The Kier molecular flexibility index (Phi) is 8.74. The molecule has 6 rings (SSSR count). The van der Waals surface area contributed by atoms with Gasteiger partial charge in [-0.3, -0.25) is 28.5 Å². The topological polar surface area (TPSA) is 161 Å². The molecule has 1 aliphatic heterocycles. The van der Waals surface area contributed by atoms with Gasteiger partial charge in [-0.1, -0.05) is 0 Å². The Labute approximate surface area is 267 Å². The average molecular weight is 647 g/mol. The van der Waals surface area contributed by atoms with E-state index in [9.17, 15) is 19.2 Å². The van der Waals surface area contributed by atoms with Crippen molar-refractivity contribution in [2.45, 2.75) is 0 Å². The van der Waals surface area contributed by atoms with E-state index in [4.69, 9.17) is 4.74 Å². The molecule has 240 valence electrons. The highest BCUT2D eigenvalue weighted by Gasteiger charge is 2.20. The lowest BCUT2D eigenvalue weighted by molar-refractivity contribution is 0.0383. The molecule has 5 aromatic rings. The number of ether oxygens (including phenoxy) is 1. The number of nitrogens with one attached hydrogen (secondary N) is 4. The van der Waals surface area contributed by atoms with Gasteiger partial charge in [-0.2, -0.15) is 0 Å². The first kappa shape index (κ1) is 30.8. The summed E-state index contributed by atoms with van der Waals surface area (Å²) in [6.45, 7) is 4.34. The molecule has 0 spiro atoms. The number of carbonyl (C=O) groups excluding carboxylic acids is 4. The Bertz CT molecular complexity index is 1890. The van der Waals surface area contributed by atoms with Crippen LogP contribution in [0.4, 0.5) is 17.1 Å². The lowest BCUT2D eigenvalue weighted by Crippen LogP contribution is -2.41. The molecule has 6 heterocycles. The van der Waals surface area contributed by atoms with E-state index >= 15 is 0 Å². The third-order valence-corrected chi connectivity index (χ3v) is 8.40. The summed E-state index contributed by atoms with van der Waals surface area (Å²) in [6.07, 6.45) is 8.39. The molecule has 0 unspecified atom stereocenters. The lowest BCUT2D eigenvalue weighted by atomic mass is 10.3. The third kappa shape index (κ3) is 6.73. The molecule has 15 nitrogen and oxygen atoms in total. The number of rotatable bonds is 10. The fourth-order valence-corrected chi connectivity index (χ4v) is 5.94. The van der Waals surface area contributed by atoms with E-state index in [-0.39, 0.29) is 17.5 Å². The molecule has 4 amide bonds. The van der Waals surface area contributed by atoms with Crippen molar-refractivity contribution in [2.75, 3.05) is 55.3 Å². The van der Waals surface area contributed by atoms with Gasteiger partial charge in [0.05, 0.1) is 30.3 Å². The smallest absolute Gasteiger partial charge is 0.275 e. The van der Waals surface area contributed by atoms with Gasteiger partial charge in [0.1, 0.15) is 22.8 Å². The highest BCUT2D eigenvalue weighted by molar-refractivity contribution is 7.15. The molecule has 5 aromatic heterocycles. The molecule has 46 heavy (non-hydrogen) atoms. The van der Waals surface area contributed by atoms with E-state index in [1.165, 1.54) is 11.3 Å². The van der Waals surface area contributed by atoms with Crippen LogP contribution in [0.1, 0.15) is 42.0 Å². The van der Waals surface area contributed by atoms with Crippen molar-refractivity contribution in [1.82, 2.24) is 33.3 Å². The summed E-state index contributed by atoms with van der Waals surface area (Å²) in [5.74, 6) is -1.45. The second-order valence-corrected chi connectivity index (χ2v) is 11.8. The second-order valence-electron chi connectivity index (χ2n) is 11.0. The number of morpholine rings is 1. The summed E-state index contributed by atoms with van der Waals surface area (Å²) < 4.78 is 12.0. The monoisotopic (exact) mass is 646 g/mol. The molecule has 0 aromatic carbocycles. The number of amides is 4. The fraction of sp³-hybridized carbons (Fsp3) is 0.300. The zero-order chi connectivity index (χ0) is 32.4. The molecule has 1 aliphatic rings. The Morgan fingerprint density at radius 2 is 1.28 bits per heavy atom. The second kappa shape index (κ2) is 13.0. The van der Waals surface area contributed by atoms with E-state index in [1.54, 1.807) is 82.2 Å². The number of carbonyl (C=O) groups is 4. The first-order chi connectivity index (χ1) is 22.1. The van der Waals surface area contributed by atoms with Crippen molar-refractivity contribution in [3.05, 3.63) is 77.3 Å². The van der Waals surface area contributed by atoms with Crippen molar-refractivity contribution >= 4 is 57.0 Å². The highest BCUT2D eigenvalue weighted by Crippen LogP contribution is 2.20. The molecule has 0 saturated carbocycles. The number of fused-ring (bicyclic) bond motifs is 1. The number of aryl methyl sites for hydroxylation is 3. The molecule has 1 fully saturated rings. The maximum absolute atomic E-state index is 13.1. The Hall–Kier alpha value is -5.19. The van der Waals surface area contributed by atoms with Crippen LogP contribution < -0.4 is 21.3 Å². The number of anilines is 3. The SMILES string of the molecule is Cn1cc(NC(=O)c2cc(NC(=O)c3cc(NC(=O)c4cn5ccsc5n4)cn3C)cn2C)cc1C(=O)NCCN1CCOCC1. The van der Waals surface area contributed by atoms with Gasteiger partial charge in [-0.15, -0.1) is 11.3 Å². The normalized spacial score (nSPS) is 13.5. The standard InChI is InChI=1S/C30H34N10O5S/c1-36-16-20(12-23(36)27(42)31-4-5-39-6-9-45-10-7-39)33-29(44)25-14-21(17-38(25)3)34-28(43)24-13-19(15-37(24)2)32-26(41)22-18-40-8-11-46-30(40)35-22/h8,11-18H,4-7,9-10H2,1-3H3,(H,31,42)(H,32,41)(H,33,44)(H,34,43). The van der Waals surface area contributed by atoms with Crippen LogP contribution in [0.15, 0.2) is 54.6 Å². The predicted octanol–water partition coefficient (Wildman–Crippen LogP) is 2.23. The number of nitrogens with zero attached hydrogens (tertiary/aromatic N) is 6. The quantitative estimate of drug-likeness (QED) is 0.181. The van der Waals surface area contributed by atoms with Gasteiger partial charge in [0, 0.05) is 83.7 Å². The first-order valence-electron chi connectivity index (χ1n) is 14.6. The number of hydrogen-bond acceptors (Lipinski definition) is 8. The van der Waals surface area contributed by atoms with Gasteiger partial charge < -0.3 is 39.7 Å². The summed E-state index contributed by atoms with van der Waals surface area (Å²) in [5.41, 5.74) is 2.61. The summed E-state index contributed by atoms with van der Waals surface area (Å²) >= 11 is 1.42. The largest absolute Gasteiger partial charge is 0.379 e. The number of imidazole rings is 1. The van der Waals surface area contributed by atoms with E-state index in [0.717, 1.165) is 19.6 Å². The molecule has 4 N–H and O–H groups in total. The van der Waals surface area contributed by atoms with Gasteiger partial charge in [0.25, 0.3) is 23.6 Å². The number of thiazole rings is 1. The van der Waals surface area contributed by atoms with Crippen LogP contribution in [-0.2, 0) is 25.9 Å². The van der Waals surface area contributed by atoms with Crippen LogP contribution in [0.5, 0.6) is 0 Å². The van der Waals surface area contributed by atoms with Crippen LogP contribution >= 0.6 is 11.3 Å². The minimum absolute atomic E-state index is 0.231. The highest BCUT2D eigenvalue weighted by atomic mass is 32.1. The van der Waals surface area contributed by atoms with Crippen LogP contribution in [0.3, 0.4) is 0 Å². The van der Waals surface area contributed by atoms with E-state index < -0.39 is 11.8 Å². The van der Waals surface area contributed by atoms with Gasteiger partial charge >= 0.3 is 0 Å². The Balaban J connectivity index is 1.04. The molecule has 0 bridgehead atoms. The molecule has 16 heteroatoms. The Morgan fingerprint density at radius 3 is 1.83 bits per heavy atom.